The molecule has 0 spiro atoms. The van der Waals surface area contributed by atoms with Gasteiger partial charge >= 0.3 is 0 Å². The van der Waals surface area contributed by atoms with Gasteiger partial charge in [0.15, 0.2) is 0 Å². The normalized spacial score (nSPS) is 14.3. The molecule has 3 aromatic rings. The molecular formula is C29H34FN3. The third kappa shape index (κ3) is 6.02. The van der Waals surface area contributed by atoms with Crippen molar-refractivity contribution in [3.05, 3.63) is 107 Å². The lowest BCUT2D eigenvalue weighted by atomic mass is 9.91. The number of nitrogens with one attached hydrogen (secondary N) is 2. The maximum atomic E-state index is 12.5. The van der Waals surface area contributed by atoms with Crippen molar-refractivity contribution >= 4 is 11.4 Å². The maximum absolute atomic E-state index is 12.5. The minimum Gasteiger partial charge on any atom is -0.381 e. The zero-order valence-corrected chi connectivity index (χ0v) is 19.6. The van der Waals surface area contributed by atoms with E-state index in [4.69, 9.17) is 5.73 Å². The van der Waals surface area contributed by atoms with E-state index in [0.29, 0.717) is 18.4 Å². The first-order valence-electron chi connectivity index (χ1n) is 11.9. The molecule has 3 aromatic carbocycles. The van der Waals surface area contributed by atoms with E-state index < -0.39 is 0 Å². The smallest absolute Gasteiger partial charge is 0.123 e. The van der Waals surface area contributed by atoms with Crippen molar-refractivity contribution in [1.29, 1.82) is 0 Å². The van der Waals surface area contributed by atoms with Crippen LogP contribution in [-0.4, -0.2) is 6.54 Å². The van der Waals surface area contributed by atoms with Gasteiger partial charge in [0.2, 0.25) is 0 Å². The number of benzene rings is 3. The fourth-order valence-electron chi connectivity index (χ4n) is 4.18. The highest BCUT2D eigenvalue weighted by Crippen LogP contribution is 2.41. The van der Waals surface area contributed by atoms with E-state index in [1.54, 1.807) is 17.7 Å². The topological polar surface area (TPSA) is 50.1 Å². The average Bonchev–Trinajstić information content (AvgIpc) is 3.64. The summed E-state index contributed by atoms with van der Waals surface area (Å²) in [6.07, 6.45) is 3.40. The van der Waals surface area contributed by atoms with E-state index >= 15 is 0 Å². The van der Waals surface area contributed by atoms with Crippen LogP contribution in [0, 0.1) is 5.82 Å². The van der Waals surface area contributed by atoms with Crippen molar-refractivity contribution in [3.8, 4) is 0 Å². The predicted molar refractivity (Wildman–Crippen MR) is 137 cm³/mol. The van der Waals surface area contributed by atoms with Gasteiger partial charge in [-0.3, -0.25) is 0 Å². The quantitative estimate of drug-likeness (QED) is 0.363. The van der Waals surface area contributed by atoms with Crippen LogP contribution in [0.2, 0.25) is 0 Å². The van der Waals surface area contributed by atoms with E-state index in [0.717, 1.165) is 18.5 Å². The molecule has 1 aliphatic heterocycles. The first kappa shape index (κ1) is 23.1. The number of rotatable bonds is 7. The van der Waals surface area contributed by atoms with Crippen LogP contribution < -0.4 is 16.4 Å². The average molecular weight is 444 g/mol. The Labute approximate surface area is 196 Å². The predicted octanol–water partition coefficient (Wildman–Crippen LogP) is 7.15. The summed E-state index contributed by atoms with van der Waals surface area (Å²) in [6, 6.07) is 24.0. The number of allylic oxidation sites excluding steroid dienone is 2. The van der Waals surface area contributed by atoms with E-state index in [9.17, 15) is 4.39 Å². The second kappa shape index (κ2) is 10.7. The minimum atomic E-state index is -0.147. The molecule has 1 heterocycles. The molecule has 5 rings (SSSR count). The SMILES string of the molecule is CC(C)c1cccc(F)c1.NCCC(C(Nc1ccc2c(c1)CN2)=C1CC1)c1ccccc1. The molecule has 0 saturated heterocycles. The van der Waals surface area contributed by atoms with Crippen LogP contribution >= 0.6 is 0 Å². The Morgan fingerprint density at radius 2 is 1.73 bits per heavy atom. The van der Waals surface area contributed by atoms with E-state index in [2.05, 4.69) is 73.0 Å². The fraction of sp³-hybridized carbons (Fsp3) is 0.310. The van der Waals surface area contributed by atoms with Gasteiger partial charge < -0.3 is 16.4 Å². The van der Waals surface area contributed by atoms with Crippen molar-refractivity contribution in [1.82, 2.24) is 0 Å². The molecule has 0 radical (unpaired) electrons. The Balaban J connectivity index is 0.000000219. The standard InChI is InChI=1S/C20H23N3.C9H11F/c21-11-10-18(14-4-2-1-3-5-14)20(15-6-7-15)23-17-8-9-19-16(12-17)13-22-19;1-7(2)8-4-3-5-9(10)6-8/h1-5,8-9,12,18,22-23H,6-7,10-11,13,21H2;3-7H,1-2H3. The number of halogens is 1. The Hall–Kier alpha value is -3.11. The summed E-state index contributed by atoms with van der Waals surface area (Å²) in [6.45, 7) is 5.78. The molecule has 33 heavy (non-hydrogen) atoms. The molecule has 1 atom stereocenters. The summed E-state index contributed by atoms with van der Waals surface area (Å²) in [5.74, 6) is 0.629. The molecule has 3 nitrogen and oxygen atoms in total. The molecule has 1 unspecified atom stereocenters. The van der Waals surface area contributed by atoms with Crippen LogP contribution in [0.1, 0.15) is 61.6 Å². The zero-order valence-electron chi connectivity index (χ0n) is 19.6. The number of anilines is 2. The third-order valence-corrected chi connectivity index (χ3v) is 6.26. The van der Waals surface area contributed by atoms with E-state index in [1.165, 1.54) is 47.1 Å². The number of nitrogens with two attached hydrogens (primary N) is 1. The molecule has 4 N–H and O–H groups in total. The Morgan fingerprint density at radius 1 is 0.970 bits per heavy atom. The van der Waals surface area contributed by atoms with Gasteiger partial charge in [0.1, 0.15) is 5.82 Å². The summed E-state index contributed by atoms with van der Waals surface area (Å²) in [5, 5.41) is 7.04. The highest BCUT2D eigenvalue weighted by atomic mass is 19.1. The minimum absolute atomic E-state index is 0.147. The molecule has 172 valence electrons. The van der Waals surface area contributed by atoms with Gasteiger partial charge in [0, 0.05) is 29.5 Å². The number of fused-ring (bicyclic) bond motifs is 1. The number of hydrogen-bond acceptors (Lipinski definition) is 3. The summed E-state index contributed by atoms with van der Waals surface area (Å²) < 4.78 is 12.5. The highest BCUT2D eigenvalue weighted by Gasteiger charge is 2.26. The van der Waals surface area contributed by atoms with Gasteiger partial charge in [-0.25, -0.2) is 4.39 Å². The van der Waals surface area contributed by atoms with Crippen molar-refractivity contribution in [2.75, 3.05) is 17.2 Å². The van der Waals surface area contributed by atoms with Crippen LogP contribution in [0.15, 0.2) is 84.1 Å². The highest BCUT2D eigenvalue weighted by molar-refractivity contribution is 5.67. The maximum Gasteiger partial charge on any atom is 0.123 e. The molecule has 0 amide bonds. The molecule has 0 aromatic heterocycles. The van der Waals surface area contributed by atoms with E-state index in [1.807, 2.05) is 6.07 Å². The van der Waals surface area contributed by atoms with Gasteiger partial charge in [0.05, 0.1) is 0 Å². The van der Waals surface area contributed by atoms with Crippen molar-refractivity contribution in [2.24, 2.45) is 5.73 Å². The molecule has 1 fully saturated rings. The molecule has 1 saturated carbocycles. The van der Waals surface area contributed by atoms with Crippen molar-refractivity contribution in [3.63, 3.8) is 0 Å². The third-order valence-electron chi connectivity index (χ3n) is 6.26. The largest absolute Gasteiger partial charge is 0.381 e. The van der Waals surface area contributed by atoms with Crippen molar-refractivity contribution in [2.45, 2.75) is 51.5 Å². The number of hydrogen-bond donors (Lipinski definition) is 3. The molecule has 0 bridgehead atoms. The van der Waals surface area contributed by atoms with Gasteiger partial charge in [-0.15, -0.1) is 0 Å². The van der Waals surface area contributed by atoms with Gasteiger partial charge in [0.25, 0.3) is 0 Å². The summed E-state index contributed by atoms with van der Waals surface area (Å²) >= 11 is 0. The zero-order chi connectivity index (χ0) is 23.2. The van der Waals surface area contributed by atoms with Gasteiger partial charge in [-0.05, 0) is 84.3 Å². The lowest BCUT2D eigenvalue weighted by Gasteiger charge is -2.25. The van der Waals surface area contributed by atoms with Gasteiger partial charge in [-0.1, -0.05) is 56.3 Å². The molecule has 4 heteroatoms. The fourth-order valence-corrected chi connectivity index (χ4v) is 4.18. The Kier molecular flexibility index (Phi) is 7.46. The molecule has 2 aliphatic rings. The van der Waals surface area contributed by atoms with Crippen LogP contribution in [0.3, 0.4) is 0 Å². The van der Waals surface area contributed by atoms with Crippen LogP contribution in [0.25, 0.3) is 0 Å². The lowest BCUT2D eigenvalue weighted by Crippen LogP contribution is -2.17. The van der Waals surface area contributed by atoms with Gasteiger partial charge in [-0.2, -0.15) is 0 Å². The first-order chi connectivity index (χ1) is 16.0. The Bertz CT molecular complexity index is 1100. The monoisotopic (exact) mass is 443 g/mol. The van der Waals surface area contributed by atoms with Crippen molar-refractivity contribution < 1.29 is 4.39 Å². The van der Waals surface area contributed by atoms with Crippen LogP contribution in [0.4, 0.5) is 15.8 Å². The first-order valence-corrected chi connectivity index (χ1v) is 11.9. The molecular weight excluding hydrogens is 409 g/mol. The summed E-state index contributed by atoms with van der Waals surface area (Å²) in [7, 11) is 0. The Morgan fingerprint density at radius 3 is 2.27 bits per heavy atom. The second-order valence-corrected chi connectivity index (χ2v) is 9.12. The lowest BCUT2D eigenvalue weighted by molar-refractivity contribution is 0.623. The van der Waals surface area contributed by atoms with Crippen LogP contribution in [0.5, 0.6) is 0 Å². The van der Waals surface area contributed by atoms with Crippen LogP contribution in [-0.2, 0) is 6.54 Å². The van der Waals surface area contributed by atoms with E-state index in [-0.39, 0.29) is 5.82 Å². The summed E-state index contributed by atoms with van der Waals surface area (Å²) in [5.41, 5.74) is 15.1. The second-order valence-electron chi connectivity index (χ2n) is 9.12. The summed E-state index contributed by atoms with van der Waals surface area (Å²) in [4.78, 5) is 0. The molecule has 1 aliphatic carbocycles.